The minimum absolute atomic E-state index is 0.0269. The van der Waals surface area contributed by atoms with Crippen LogP contribution >= 0.6 is 0 Å². The Balaban J connectivity index is 2.42. The summed E-state index contributed by atoms with van der Waals surface area (Å²) in [6, 6.07) is -0.401. The Bertz CT molecular complexity index is 297. The van der Waals surface area contributed by atoms with Crippen molar-refractivity contribution < 1.29 is 9.59 Å². The van der Waals surface area contributed by atoms with Crippen LogP contribution in [0.2, 0.25) is 0 Å². The van der Waals surface area contributed by atoms with Crippen LogP contribution in [0.1, 0.15) is 33.1 Å². The summed E-state index contributed by atoms with van der Waals surface area (Å²) < 4.78 is 0. The van der Waals surface area contributed by atoms with Gasteiger partial charge >= 0.3 is 0 Å². The number of likely N-dealkylation sites (tertiary alicyclic amines) is 1. The van der Waals surface area contributed by atoms with Gasteiger partial charge in [0.2, 0.25) is 11.8 Å². The zero-order valence-corrected chi connectivity index (χ0v) is 11.6. The van der Waals surface area contributed by atoms with Crippen molar-refractivity contribution in [2.75, 3.05) is 20.1 Å². The maximum Gasteiger partial charge on any atom is 0.239 e. The number of rotatable bonds is 4. The molecule has 1 rings (SSSR count). The SMILES string of the molecule is CNC(=O)C1CCN(C(=O)[C@@H](N)CC(C)C)CC1. The van der Waals surface area contributed by atoms with Crippen molar-refractivity contribution in [3.05, 3.63) is 0 Å². The van der Waals surface area contributed by atoms with Crippen molar-refractivity contribution in [1.82, 2.24) is 10.2 Å². The van der Waals surface area contributed by atoms with Gasteiger partial charge < -0.3 is 16.0 Å². The lowest BCUT2D eigenvalue weighted by atomic mass is 9.95. The summed E-state index contributed by atoms with van der Waals surface area (Å²) in [7, 11) is 1.65. The Labute approximate surface area is 109 Å². The first kappa shape index (κ1) is 15.0. The molecule has 0 radical (unpaired) electrons. The van der Waals surface area contributed by atoms with Crippen molar-refractivity contribution >= 4 is 11.8 Å². The molecule has 0 aromatic heterocycles. The monoisotopic (exact) mass is 255 g/mol. The predicted molar refractivity (Wildman–Crippen MR) is 70.8 cm³/mol. The molecule has 1 fully saturated rings. The lowest BCUT2D eigenvalue weighted by Crippen LogP contribution is -2.49. The van der Waals surface area contributed by atoms with Crippen LogP contribution in [0, 0.1) is 11.8 Å². The van der Waals surface area contributed by atoms with Gasteiger partial charge in [0.1, 0.15) is 0 Å². The topological polar surface area (TPSA) is 75.4 Å². The van der Waals surface area contributed by atoms with Crippen LogP contribution in [0.5, 0.6) is 0 Å². The van der Waals surface area contributed by atoms with E-state index in [0.29, 0.717) is 25.4 Å². The van der Waals surface area contributed by atoms with Gasteiger partial charge in [-0.25, -0.2) is 0 Å². The molecule has 0 aliphatic carbocycles. The molecule has 5 nitrogen and oxygen atoms in total. The number of carbonyl (C=O) groups is 2. The lowest BCUT2D eigenvalue weighted by molar-refractivity contribution is -0.136. The number of hydrogen-bond donors (Lipinski definition) is 2. The van der Waals surface area contributed by atoms with Gasteiger partial charge in [0.25, 0.3) is 0 Å². The zero-order chi connectivity index (χ0) is 13.7. The van der Waals surface area contributed by atoms with E-state index in [9.17, 15) is 9.59 Å². The van der Waals surface area contributed by atoms with Gasteiger partial charge in [0, 0.05) is 26.1 Å². The fourth-order valence-electron chi connectivity index (χ4n) is 2.41. The average Bonchev–Trinajstić information content (AvgIpc) is 2.36. The van der Waals surface area contributed by atoms with E-state index in [4.69, 9.17) is 5.73 Å². The molecule has 3 N–H and O–H groups in total. The largest absolute Gasteiger partial charge is 0.359 e. The van der Waals surface area contributed by atoms with Gasteiger partial charge in [0.15, 0.2) is 0 Å². The summed E-state index contributed by atoms with van der Waals surface area (Å²) >= 11 is 0. The van der Waals surface area contributed by atoms with Crippen molar-refractivity contribution in [2.24, 2.45) is 17.6 Å². The highest BCUT2D eigenvalue weighted by molar-refractivity contribution is 5.82. The average molecular weight is 255 g/mol. The third-order valence-electron chi connectivity index (χ3n) is 3.47. The summed E-state index contributed by atoms with van der Waals surface area (Å²) in [4.78, 5) is 25.4. The molecule has 1 atom stereocenters. The first-order chi connectivity index (χ1) is 8.45. The van der Waals surface area contributed by atoms with E-state index in [2.05, 4.69) is 19.2 Å². The van der Waals surface area contributed by atoms with Crippen LogP contribution < -0.4 is 11.1 Å². The highest BCUT2D eigenvalue weighted by Crippen LogP contribution is 2.18. The van der Waals surface area contributed by atoms with Gasteiger partial charge in [-0.3, -0.25) is 9.59 Å². The summed E-state index contributed by atoms with van der Waals surface area (Å²) in [6.45, 7) is 5.40. The summed E-state index contributed by atoms with van der Waals surface area (Å²) in [5.74, 6) is 0.570. The maximum atomic E-state index is 12.1. The number of nitrogens with one attached hydrogen (secondary N) is 1. The van der Waals surface area contributed by atoms with Crippen LogP contribution in [0.25, 0.3) is 0 Å². The fourth-order valence-corrected chi connectivity index (χ4v) is 2.41. The fraction of sp³-hybridized carbons (Fsp3) is 0.846. The number of nitrogens with zero attached hydrogens (tertiary/aromatic N) is 1. The second kappa shape index (κ2) is 6.73. The van der Waals surface area contributed by atoms with Crippen LogP contribution in [-0.2, 0) is 9.59 Å². The molecule has 104 valence electrons. The molecule has 2 amide bonds. The van der Waals surface area contributed by atoms with E-state index in [1.165, 1.54) is 0 Å². The molecule has 1 heterocycles. The summed E-state index contributed by atoms with van der Waals surface area (Å²) in [5.41, 5.74) is 5.90. The van der Waals surface area contributed by atoms with E-state index in [-0.39, 0.29) is 17.7 Å². The van der Waals surface area contributed by atoms with E-state index >= 15 is 0 Å². The van der Waals surface area contributed by atoms with Crippen LogP contribution in [0.15, 0.2) is 0 Å². The highest BCUT2D eigenvalue weighted by Gasteiger charge is 2.29. The molecule has 1 aliphatic rings. The Morgan fingerprint density at radius 1 is 1.33 bits per heavy atom. The number of nitrogens with two attached hydrogens (primary N) is 1. The van der Waals surface area contributed by atoms with Gasteiger partial charge in [-0.05, 0) is 25.2 Å². The zero-order valence-electron chi connectivity index (χ0n) is 11.6. The Kier molecular flexibility index (Phi) is 5.59. The molecule has 0 aromatic rings. The smallest absolute Gasteiger partial charge is 0.239 e. The van der Waals surface area contributed by atoms with Crippen LogP contribution in [-0.4, -0.2) is 42.9 Å². The maximum absolute atomic E-state index is 12.1. The molecule has 0 aromatic carbocycles. The Morgan fingerprint density at radius 3 is 2.33 bits per heavy atom. The van der Waals surface area contributed by atoms with E-state index in [0.717, 1.165) is 12.8 Å². The van der Waals surface area contributed by atoms with Crippen LogP contribution in [0.3, 0.4) is 0 Å². The van der Waals surface area contributed by atoms with Gasteiger partial charge in [-0.2, -0.15) is 0 Å². The Hall–Kier alpha value is -1.10. The molecule has 0 spiro atoms. The molecule has 0 bridgehead atoms. The van der Waals surface area contributed by atoms with E-state index < -0.39 is 6.04 Å². The van der Waals surface area contributed by atoms with Crippen molar-refractivity contribution in [1.29, 1.82) is 0 Å². The first-order valence-corrected chi connectivity index (χ1v) is 6.71. The standard InChI is InChI=1S/C13H25N3O2/c1-9(2)8-11(14)13(18)16-6-4-10(5-7-16)12(17)15-3/h9-11H,4-8,14H2,1-3H3,(H,15,17)/t11-/m0/s1. The first-order valence-electron chi connectivity index (χ1n) is 6.71. The molecular formula is C13H25N3O2. The minimum atomic E-state index is -0.401. The molecular weight excluding hydrogens is 230 g/mol. The second-order valence-corrected chi connectivity index (χ2v) is 5.45. The van der Waals surface area contributed by atoms with Gasteiger partial charge in [0.05, 0.1) is 6.04 Å². The molecule has 18 heavy (non-hydrogen) atoms. The van der Waals surface area contributed by atoms with Crippen molar-refractivity contribution in [2.45, 2.75) is 39.2 Å². The summed E-state index contributed by atoms with van der Waals surface area (Å²) in [5, 5.41) is 2.66. The van der Waals surface area contributed by atoms with E-state index in [1.54, 1.807) is 11.9 Å². The minimum Gasteiger partial charge on any atom is -0.359 e. The predicted octanol–water partition coefficient (Wildman–Crippen LogP) is 0.344. The molecule has 1 saturated heterocycles. The Morgan fingerprint density at radius 2 is 1.89 bits per heavy atom. The molecule has 0 unspecified atom stereocenters. The van der Waals surface area contributed by atoms with Crippen molar-refractivity contribution in [3.63, 3.8) is 0 Å². The van der Waals surface area contributed by atoms with Gasteiger partial charge in [-0.1, -0.05) is 13.8 Å². The van der Waals surface area contributed by atoms with Crippen LogP contribution in [0.4, 0.5) is 0 Å². The molecule has 0 saturated carbocycles. The molecule has 5 heteroatoms. The number of piperidine rings is 1. The number of hydrogen-bond acceptors (Lipinski definition) is 3. The second-order valence-electron chi connectivity index (χ2n) is 5.45. The van der Waals surface area contributed by atoms with E-state index in [1.807, 2.05) is 0 Å². The third kappa shape index (κ3) is 3.98. The lowest BCUT2D eigenvalue weighted by Gasteiger charge is -2.33. The summed E-state index contributed by atoms with van der Waals surface area (Å²) in [6.07, 6.45) is 2.19. The van der Waals surface area contributed by atoms with Crippen molar-refractivity contribution in [3.8, 4) is 0 Å². The quantitative estimate of drug-likeness (QED) is 0.761. The molecule has 1 aliphatic heterocycles. The third-order valence-corrected chi connectivity index (χ3v) is 3.47. The highest BCUT2D eigenvalue weighted by atomic mass is 16.2. The normalized spacial score (nSPS) is 18.8. The number of amides is 2. The van der Waals surface area contributed by atoms with Gasteiger partial charge in [-0.15, -0.1) is 0 Å². The number of carbonyl (C=O) groups excluding carboxylic acids is 2.